The number of pyridine rings is 1. The van der Waals surface area contributed by atoms with E-state index < -0.39 is 14.9 Å². The van der Waals surface area contributed by atoms with E-state index in [0.717, 1.165) is 24.8 Å². The van der Waals surface area contributed by atoms with Crippen LogP contribution in [0.15, 0.2) is 23.4 Å². The summed E-state index contributed by atoms with van der Waals surface area (Å²) in [7, 11) is -3.72. The van der Waals surface area contributed by atoms with E-state index in [1.165, 1.54) is 4.31 Å². The Hall–Kier alpha value is -1.58. The second-order valence-electron chi connectivity index (χ2n) is 4.38. The predicted molar refractivity (Wildman–Crippen MR) is 66.9 cm³/mol. The summed E-state index contributed by atoms with van der Waals surface area (Å²) < 4.78 is 25.8. The standard InChI is InChI=1S/C10H14N4O4S/c11-8-2-1-5-13(7-8)19(17,18)10-4-3-9(6-12-10)14(15)16/h3-4,6,8H,1-2,5,7,11H2. The van der Waals surface area contributed by atoms with Gasteiger partial charge in [-0.05, 0) is 18.9 Å². The molecule has 2 rings (SSSR count). The van der Waals surface area contributed by atoms with Gasteiger partial charge >= 0.3 is 0 Å². The van der Waals surface area contributed by atoms with Crippen LogP contribution in [0.4, 0.5) is 5.69 Å². The highest BCUT2D eigenvalue weighted by Gasteiger charge is 2.30. The first kappa shape index (κ1) is 13.8. The number of hydrogen-bond donors (Lipinski definition) is 1. The zero-order valence-electron chi connectivity index (χ0n) is 10.1. The second-order valence-corrected chi connectivity index (χ2v) is 6.26. The number of nitrogens with zero attached hydrogens (tertiary/aromatic N) is 3. The molecule has 0 spiro atoms. The number of piperidine rings is 1. The molecule has 1 aliphatic heterocycles. The van der Waals surface area contributed by atoms with Gasteiger partial charge in [0.25, 0.3) is 15.7 Å². The summed E-state index contributed by atoms with van der Waals surface area (Å²) in [5.41, 5.74) is 5.51. The van der Waals surface area contributed by atoms with E-state index in [1.807, 2.05) is 0 Å². The molecule has 1 saturated heterocycles. The molecule has 19 heavy (non-hydrogen) atoms. The molecule has 1 atom stereocenters. The highest BCUT2D eigenvalue weighted by atomic mass is 32.2. The lowest BCUT2D eigenvalue weighted by molar-refractivity contribution is -0.385. The molecule has 1 fully saturated rings. The number of aromatic nitrogens is 1. The largest absolute Gasteiger partial charge is 0.327 e. The normalized spacial score (nSPS) is 21.2. The van der Waals surface area contributed by atoms with Crippen LogP contribution in [0.3, 0.4) is 0 Å². The van der Waals surface area contributed by atoms with Gasteiger partial charge < -0.3 is 5.73 Å². The van der Waals surface area contributed by atoms with Gasteiger partial charge in [0.05, 0.1) is 4.92 Å². The maximum Gasteiger partial charge on any atom is 0.287 e. The average molecular weight is 286 g/mol. The maximum absolute atomic E-state index is 12.3. The van der Waals surface area contributed by atoms with Gasteiger partial charge in [0.1, 0.15) is 6.20 Å². The van der Waals surface area contributed by atoms with E-state index in [4.69, 9.17) is 5.73 Å². The zero-order chi connectivity index (χ0) is 14.0. The second kappa shape index (κ2) is 5.19. The van der Waals surface area contributed by atoms with Gasteiger partial charge in [-0.2, -0.15) is 4.31 Å². The Balaban J connectivity index is 2.26. The van der Waals surface area contributed by atoms with Crippen LogP contribution in [0.1, 0.15) is 12.8 Å². The third-order valence-corrected chi connectivity index (χ3v) is 4.74. The van der Waals surface area contributed by atoms with Crippen molar-refractivity contribution in [3.05, 3.63) is 28.4 Å². The van der Waals surface area contributed by atoms with Crippen molar-refractivity contribution < 1.29 is 13.3 Å². The van der Waals surface area contributed by atoms with Crippen LogP contribution in [0, 0.1) is 10.1 Å². The van der Waals surface area contributed by atoms with E-state index >= 15 is 0 Å². The van der Waals surface area contributed by atoms with Crippen LogP contribution in [-0.4, -0.2) is 41.8 Å². The first-order valence-corrected chi connectivity index (χ1v) is 7.21. The zero-order valence-corrected chi connectivity index (χ0v) is 10.9. The van der Waals surface area contributed by atoms with Gasteiger partial charge in [0.2, 0.25) is 0 Å². The minimum absolute atomic E-state index is 0.179. The van der Waals surface area contributed by atoms with Crippen molar-refractivity contribution in [2.75, 3.05) is 13.1 Å². The summed E-state index contributed by atoms with van der Waals surface area (Å²) in [6, 6.07) is 2.10. The Morgan fingerprint density at radius 2 is 2.21 bits per heavy atom. The van der Waals surface area contributed by atoms with Gasteiger partial charge in [-0.3, -0.25) is 10.1 Å². The van der Waals surface area contributed by atoms with Crippen LogP contribution >= 0.6 is 0 Å². The number of nitro groups is 1. The van der Waals surface area contributed by atoms with Gasteiger partial charge in [-0.1, -0.05) is 0 Å². The first-order valence-electron chi connectivity index (χ1n) is 5.77. The third kappa shape index (κ3) is 2.88. The lowest BCUT2D eigenvalue weighted by Gasteiger charge is -2.29. The predicted octanol–water partition coefficient (Wildman–Crippen LogP) is 0.102. The summed E-state index contributed by atoms with van der Waals surface area (Å²) in [5, 5.41) is 10.3. The van der Waals surface area contributed by atoms with Crippen molar-refractivity contribution in [3.8, 4) is 0 Å². The van der Waals surface area contributed by atoms with E-state index in [0.29, 0.717) is 13.0 Å². The smallest absolute Gasteiger partial charge is 0.287 e. The minimum atomic E-state index is -3.72. The van der Waals surface area contributed by atoms with E-state index in [-0.39, 0.29) is 23.3 Å². The molecular formula is C10H14N4O4S. The molecule has 1 unspecified atom stereocenters. The summed E-state index contributed by atoms with van der Waals surface area (Å²) in [6.45, 7) is 0.649. The molecule has 2 N–H and O–H groups in total. The molecule has 0 aromatic carbocycles. The molecule has 0 aliphatic carbocycles. The van der Waals surface area contributed by atoms with Gasteiger partial charge in [-0.25, -0.2) is 13.4 Å². The SMILES string of the molecule is NC1CCCN(S(=O)(=O)c2ccc([N+](=O)[O-])cn2)C1. The molecule has 1 aromatic rings. The molecule has 8 nitrogen and oxygen atoms in total. The molecule has 1 aromatic heterocycles. The lowest BCUT2D eigenvalue weighted by atomic mass is 10.1. The fraction of sp³-hybridized carbons (Fsp3) is 0.500. The van der Waals surface area contributed by atoms with Gasteiger partial charge in [-0.15, -0.1) is 0 Å². The van der Waals surface area contributed by atoms with Crippen molar-refractivity contribution in [2.45, 2.75) is 23.9 Å². The monoisotopic (exact) mass is 286 g/mol. The van der Waals surface area contributed by atoms with Crippen molar-refractivity contribution in [3.63, 3.8) is 0 Å². The molecule has 0 radical (unpaired) electrons. The molecular weight excluding hydrogens is 272 g/mol. The van der Waals surface area contributed by atoms with Crippen LogP contribution < -0.4 is 5.73 Å². The topological polar surface area (TPSA) is 119 Å². The number of sulfonamides is 1. The van der Waals surface area contributed by atoms with Gasteiger partial charge in [0, 0.05) is 25.2 Å². The Morgan fingerprint density at radius 1 is 1.47 bits per heavy atom. The summed E-state index contributed by atoms with van der Waals surface area (Å²) >= 11 is 0. The summed E-state index contributed by atoms with van der Waals surface area (Å²) in [4.78, 5) is 13.5. The fourth-order valence-corrected chi connectivity index (χ4v) is 3.41. The molecule has 0 amide bonds. The summed E-state index contributed by atoms with van der Waals surface area (Å²) in [5.74, 6) is 0. The highest BCUT2D eigenvalue weighted by Crippen LogP contribution is 2.20. The number of hydrogen-bond acceptors (Lipinski definition) is 6. The Labute approximate surface area is 110 Å². The Bertz CT molecular complexity index is 572. The molecule has 9 heteroatoms. The van der Waals surface area contributed by atoms with E-state index in [1.54, 1.807) is 0 Å². The van der Waals surface area contributed by atoms with Crippen molar-refractivity contribution in [1.82, 2.24) is 9.29 Å². The van der Waals surface area contributed by atoms with Crippen molar-refractivity contribution >= 4 is 15.7 Å². The quantitative estimate of drug-likeness (QED) is 0.621. The van der Waals surface area contributed by atoms with Crippen LogP contribution in [0.5, 0.6) is 0 Å². The summed E-state index contributed by atoms with van der Waals surface area (Å²) in [6.07, 6.45) is 2.43. The fourth-order valence-electron chi connectivity index (χ4n) is 1.96. The Morgan fingerprint density at radius 3 is 2.74 bits per heavy atom. The Kier molecular flexibility index (Phi) is 3.78. The third-order valence-electron chi connectivity index (χ3n) is 2.96. The molecule has 2 heterocycles. The average Bonchev–Trinajstić information content (AvgIpc) is 2.39. The van der Waals surface area contributed by atoms with E-state index in [9.17, 15) is 18.5 Å². The highest BCUT2D eigenvalue weighted by molar-refractivity contribution is 7.89. The van der Waals surface area contributed by atoms with Crippen molar-refractivity contribution in [2.24, 2.45) is 5.73 Å². The lowest BCUT2D eigenvalue weighted by Crippen LogP contribution is -2.45. The number of nitrogens with two attached hydrogens (primary N) is 1. The van der Waals surface area contributed by atoms with Crippen LogP contribution in [0.2, 0.25) is 0 Å². The molecule has 0 saturated carbocycles. The van der Waals surface area contributed by atoms with Crippen molar-refractivity contribution in [1.29, 1.82) is 0 Å². The molecule has 0 bridgehead atoms. The first-order chi connectivity index (χ1) is 8.91. The van der Waals surface area contributed by atoms with Crippen LogP contribution in [-0.2, 0) is 10.0 Å². The number of rotatable bonds is 3. The molecule has 104 valence electrons. The van der Waals surface area contributed by atoms with E-state index in [2.05, 4.69) is 4.98 Å². The maximum atomic E-state index is 12.3. The molecule has 1 aliphatic rings. The van der Waals surface area contributed by atoms with Gasteiger partial charge in [0.15, 0.2) is 5.03 Å². The minimum Gasteiger partial charge on any atom is -0.327 e. The van der Waals surface area contributed by atoms with Crippen LogP contribution in [0.25, 0.3) is 0 Å².